The van der Waals surface area contributed by atoms with E-state index in [0.717, 1.165) is 6.92 Å². The summed E-state index contributed by atoms with van der Waals surface area (Å²) in [5.41, 5.74) is -2.03. The van der Waals surface area contributed by atoms with Crippen molar-refractivity contribution in [2.24, 2.45) is 0 Å². The molecule has 0 aliphatic heterocycles. The van der Waals surface area contributed by atoms with Gasteiger partial charge < -0.3 is 15.2 Å². The number of hydrogen-bond donors (Lipinski definition) is 2. The second-order valence-electron chi connectivity index (χ2n) is 7.12. The van der Waals surface area contributed by atoms with Crippen molar-refractivity contribution in [2.75, 3.05) is 5.32 Å². The van der Waals surface area contributed by atoms with E-state index in [-0.39, 0.29) is 30.3 Å². The van der Waals surface area contributed by atoms with Crippen molar-refractivity contribution in [2.45, 2.75) is 44.6 Å². The van der Waals surface area contributed by atoms with Crippen molar-refractivity contribution in [3.63, 3.8) is 0 Å². The lowest BCUT2D eigenvalue weighted by molar-refractivity contribution is -0.143. The fourth-order valence-electron chi connectivity index (χ4n) is 2.92. The highest BCUT2D eigenvalue weighted by molar-refractivity contribution is 5.94. The molecule has 1 amide bonds. The average Bonchev–Trinajstić information content (AvgIpc) is 2.72. The summed E-state index contributed by atoms with van der Waals surface area (Å²) in [6.45, 7) is 2.64. The van der Waals surface area contributed by atoms with E-state index in [2.05, 4.69) is 17.2 Å². The predicted molar refractivity (Wildman–Crippen MR) is 110 cm³/mol. The fraction of sp³-hybridized carbons (Fsp3) is 0.304. The second-order valence-corrected chi connectivity index (χ2v) is 7.12. The highest BCUT2D eigenvalue weighted by Crippen LogP contribution is 2.40. The van der Waals surface area contributed by atoms with Crippen LogP contribution in [0.25, 0.3) is 0 Å². The predicted octanol–water partition coefficient (Wildman–Crippen LogP) is 5.71. The van der Waals surface area contributed by atoms with Gasteiger partial charge in [0.15, 0.2) is 6.10 Å². The number of benzene rings is 2. The van der Waals surface area contributed by atoms with Crippen molar-refractivity contribution in [3.05, 3.63) is 59.2 Å². The van der Waals surface area contributed by atoms with E-state index < -0.39 is 53.1 Å². The van der Waals surface area contributed by atoms with Gasteiger partial charge in [0.25, 0.3) is 5.91 Å². The monoisotopic (exact) mass is 487 g/mol. The molecule has 0 spiro atoms. The van der Waals surface area contributed by atoms with Gasteiger partial charge in [0.2, 0.25) is 0 Å². The quantitative estimate of drug-likeness (QED) is 0.388. The molecule has 0 saturated heterocycles. The Morgan fingerprint density at radius 1 is 1.03 bits per heavy atom. The third kappa shape index (κ3) is 7.16. The van der Waals surface area contributed by atoms with Crippen LogP contribution in [-0.2, 0) is 21.9 Å². The summed E-state index contributed by atoms with van der Waals surface area (Å²) in [6, 6.07) is 6.62. The molecule has 0 bridgehead atoms. The molecule has 182 valence electrons. The molecule has 2 N–H and O–H groups in total. The summed E-state index contributed by atoms with van der Waals surface area (Å²) in [5.74, 6) is 1.72. The molecule has 0 saturated carbocycles. The third-order valence-corrected chi connectivity index (χ3v) is 4.57. The molecule has 0 aliphatic carbocycles. The normalized spacial score (nSPS) is 13.3. The minimum atomic E-state index is -5.00. The number of rotatable bonds is 7. The first-order valence-electron chi connectivity index (χ1n) is 9.72. The molecule has 0 heterocycles. The van der Waals surface area contributed by atoms with Crippen LogP contribution in [-0.4, -0.2) is 23.1 Å². The first kappa shape index (κ1) is 26.6. The molecule has 0 radical (unpaired) electrons. The van der Waals surface area contributed by atoms with Crippen molar-refractivity contribution < 1.29 is 45.8 Å². The molecule has 2 rings (SSSR count). The van der Waals surface area contributed by atoms with Crippen LogP contribution in [0.4, 0.5) is 32.0 Å². The van der Waals surface area contributed by atoms with Gasteiger partial charge in [-0.05, 0) is 49.7 Å². The number of carboxylic acids is 1. The summed E-state index contributed by atoms with van der Waals surface area (Å²) in [5, 5.41) is 11.4. The molecule has 11 heteroatoms. The molecule has 2 unspecified atom stereocenters. The largest absolute Gasteiger partial charge is 0.481 e. The first-order chi connectivity index (χ1) is 15.7. The zero-order valence-corrected chi connectivity index (χ0v) is 17.8. The van der Waals surface area contributed by atoms with E-state index in [9.17, 15) is 35.9 Å². The number of alkyl halides is 6. The summed E-state index contributed by atoms with van der Waals surface area (Å²) in [4.78, 5) is 23.4. The standard InChI is InChI=1S/C23H19F6NO4/c1-3-4-15(11-20(31)32)14-5-8-17(9-6-14)30-21(33)13(2)34-19-12-16(22(24,25)26)7-10-18(19)23(27,28)29/h5-10,12-13,15H,11H2,1-2H3,(H,30,33)(H,31,32). The Bertz CT molecular complexity index is 1100. The molecule has 0 aromatic heterocycles. The maximum absolute atomic E-state index is 13.2. The molecule has 2 atom stereocenters. The van der Waals surface area contributed by atoms with Crippen LogP contribution in [0.3, 0.4) is 0 Å². The Balaban J connectivity index is 2.19. The average molecular weight is 487 g/mol. The van der Waals surface area contributed by atoms with Gasteiger partial charge in [0, 0.05) is 5.69 Å². The third-order valence-electron chi connectivity index (χ3n) is 4.57. The van der Waals surface area contributed by atoms with Crippen LogP contribution < -0.4 is 10.1 Å². The molecule has 2 aromatic carbocycles. The number of aliphatic carboxylic acids is 1. The van der Waals surface area contributed by atoms with Gasteiger partial charge in [0.1, 0.15) is 5.75 Å². The lowest BCUT2D eigenvalue weighted by Crippen LogP contribution is -2.31. The highest BCUT2D eigenvalue weighted by atomic mass is 19.4. The summed E-state index contributed by atoms with van der Waals surface area (Å²) < 4.78 is 83.4. The van der Waals surface area contributed by atoms with E-state index >= 15 is 0 Å². The van der Waals surface area contributed by atoms with Gasteiger partial charge in [-0.3, -0.25) is 9.59 Å². The number of carbonyl (C=O) groups excluding carboxylic acids is 1. The maximum atomic E-state index is 13.2. The molecular weight excluding hydrogens is 468 g/mol. The van der Waals surface area contributed by atoms with Crippen LogP contribution >= 0.6 is 0 Å². The van der Waals surface area contributed by atoms with Gasteiger partial charge in [-0.2, -0.15) is 26.3 Å². The number of anilines is 1. The molecule has 2 aromatic rings. The van der Waals surface area contributed by atoms with Crippen molar-refractivity contribution >= 4 is 17.6 Å². The number of ether oxygens (including phenoxy) is 1. The highest BCUT2D eigenvalue weighted by Gasteiger charge is 2.38. The molecule has 5 nitrogen and oxygen atoms in total. The van der Waals surface area contributed by atoms with Gasteiger partial charge in [-0.25, -0.2) is 0 Å². The van der Waals surface area contributed by atoms with E-state index in [0.29, 0.717) is 5.56 Å². The van der Waals surface area contributed by atoms with Crippen molar-refractivity contribution in [1.82, 2.24) is 0 Å². The van der Waals surface area contributed by atoms with Crippen molar-refractivity contribution in [3.8, 4) is 17.6 Å². The lowest BCUT2D eigenvalue weighted by atomic mass is 9.96. The zero-order valence-electron chi connectivity index (χ0n) is 17.8. The molecule has 0 aliphatic rings. The lowest BCUT2D eigenvalue weighted by Gasteiger charge is -2.20. The molecule has 0 fully saturated rings. The SMILES string of the molecule is CC#CC(CC(=O)O)c1ccc(NC(=O)C(C)Oc2cc(C(F)(F)F)ccc2C(F)(F)F)cc1. The van der Waals surface area contributed by atoms with Gasteiger partial charge in [0.05, 0.1) is 23.5 Å². The van der Waals surface area contributed by atoms with E-state index in [1.165, 1.54) is 24.3 Å². The number of halogens is 6. The first-order valence-corrected chi connectivity index (χ1v) is 9.72. The number of nitrogens with one attached hydrogen (secondary N) is 1. The Hall–Kier alpha value is -3.68. The minimum absolute atomic E-state index is 0.193. The molecule has 34 heavy (non-hydrogen) atoms. The Labute approximate surface area is 190 Å². The summed E-state index contributed by atoms with van der Waals surface area (Å²) in [6.07, 6.45) is -11.7. The minimum Gasteiger partial charge on any atom is -0.481 e. The molecular formula is C23H19F6NO4. The van der Waals surface area contributed by atoms with Crippen LogP contribution in [0.5, 0.6) is 5.75 Å². The summed E-state index contributed by atoms with van der Waals surface area (Å²) >= 11 is 0. The smallest absolute Gasteiger partial charge is 0.419 e. The number of hydrogen-bond acceptors (Lipinski definition) is 3. The van der Waals surface area contributed by atoms with Crippen molar-refractivity contribution in [1.29, 1.82) is 0 Å². The Kier molecular flexibility index (Phi) is 8.21. The van der Waals surface area contributed by atoms with Crippen LogP contribution in [0.15, 0.2) is 42.5 Å². The summed E-state index contributed by atoms with van der Waals surface area (Å²) in [7, 11) is 0. The topological polar surface area (TPSA) is 75.6 Å². The number of amides is 1. The van der Waals surface area contributed by atoms with E-state index in [1.54, 1.807) is 6.92 Å². The Morgan fingerprint density at radius 3 is 2.15 bits per heavy atom. The van der Waals surface area contributed by atoms with E-state index in [1.807, 2.05) is 0 Å². The maximum Gasteiger partial charge on any atom is 0.419 e. The Morgan fingerprint density at radius 2 is 1.65 bits per heavy atom. The second kappa shape index (κ2) is 10.5. The van der Waals surface area contributed by atoms with Gasteiger partial charge in [-0.15, -0.1) is 5.92 Å². The van der Waals surface area contributed by atoms with Gasteiger partial charge >= 0.3 is 18.3 Å². The van der Waals surface area contributed by atoms with Crippen LogP contribution in [0.1, 0.15) is 42.9 Å². The number of carbonyl (C=O) groups is 2. The van der Waals surface area contributed by atoms with Crippen LogP contribution in [0, 0.1) is 11.8 Å². The van der Waals surface area contributed by atoms with Gasteiger partial charge in [-0.1, -0.05) is 18.1 Å². The fourth-order valence-corrected chi connectivity index (χ4v) is 2.92. The number of carboxylic acid groups (broad SMARTS) is 1. The zero-order chi connectivity index (χ0) is 25.7. The van der Waals surface area contributed by atoms with Crippen LogP contribution in [0.2, 0.25) is 0 Å². The van der Waals surface area contributed by atoms with E-state index in [4.69, 9.17) is 9.84 Å².